The molecule has 0 heterocycles. The van der Waals surface area contributed by atoms with Crippen molar-refractivity contribution in [3.8, 4) is 43.1 Å². The van der Waals surface area contributed by atoms with E-state index in [0.717, 1.165) is 6.07 Å². The molecule has 0 aliphatic carbocycles. The summed E-state index contributed by atoms with van der Waals surface area (Å²) in [7, 11) is -11.6. The van der Waals surface area contributed by atoms with Crippen LogP contribution in [0.4, 0.5) is 5.69 Å². The van der Waals surface area contributed by atoms with Gasteiger partial charge in [0.25, 0.3) is 5.69 Å². The zero-order chi connectivity index (χ0) is 50.8. The number of nitrogens with zero attached hydrogens (tertiary/aromatic N) is 2. The summed E-state index contributed by atoms with van der Waals surface area (Å²) in [6, 6.07) is 43.3. The quantitative estimate of drug-likeness (QED) is 0.0474. The number of nitriles is 1. The first kappa shape index (κ1) is 54.5. The first-order valence-corrected chi connectivity index (χ1v) is 25.6. The van der Waals surface area contributed by atoms with Crippen LogP contribution in [0.15, 0.2) is 178 Å². The van der Waals surface area contributed by atoms with Crippen LogP contribution in [0.2, 0.25) is 5.02 Å². The number of nitro groups is 1. The van der Waals surface area contributed by atoms with Gasteiger partial charge in [-0.05, 0) is 77.4 Å². The summed E-state index contributed by atoms with van der Waals surface area (Å²) < 4.78 is 77.5. The number of aliphatic hydroxyl groups is 3. The molecule has 0 radical (unpaired) electrons. The zero-order valence-electron chi connectivity index (χ0n) is 36.5. The second-order valence-corrected chi connectivity index (χ2v) is 21.6. The van der Waals surface area contributed by atoms with Gasteiger partial charge in [-0.3, -0.25) is 10.1 Å². The Balaban J connectivity index is 0.000000226. The van der Waals surface area contributed by atoms with Crippen molar-refractivity contribution in [2.75, 3.05) is 0 Å². The second kappa shape index (κ2) is 25.3. The van der Waals surface area contributed by atoms with Crippen LogP contribution in [0, 0.1) is 58.5 Å². The molecular weight excluding hydrogens is 960 g/mol. The van der Waals surface area contributed by atoms with Crippen molar-refractivity contribution in [1.82, 2.24) is 0 Å². The summed E-state index contributed by atoms with van der Waals surface area (Å²) in [4.78, 5) is 10.6. The zero-order valence-corrected chi connectivity index (χ0v) is 39.7. The number of terminal acetylenes is 3. The molecule has 3 N–H and O–H groups in total. The summed E-state index contributed by atoms with van der Waals surface area (Å²) in [5.41, 5.74) is 0.947. The van der Waals surface area contributed by atoms with Crippen LogP contribution in [0.3, 0.4) is 0 Å². The van der Waals surface area contributed by atoms with Crippen molar-refractivity contribution < 1.29 is 45.5 Å². The lowest BCUT2D eigenvalue weighted by Crippen LogP contribution is -2.26. The predicted molar refractivity (Wildman–Crippen MR) is 263 cm³/mol. The number of hydrogen-bond donors (Lipinski definition) is 3. The van der Waals surface area contributed by atoms with E-state index in [1.807, 2.05) is 6.07 Å². The monoisotopic (exact) mass is 1000 g/mol. The largest absolute Gasteiger partial charge is 0.390 e. The fraction of sp³-hybridized carbons (Fsp3) is 0.173. The molecule has 6 atom stereocenters. The third-order valence-electron chi connectivity index (χ3n) is 10.2. The average Bonchev–Trinajstić information content (AvgIpc) is 3.33. The topological polar surface area (TPSA) is 230 Å². The van der Waals surface area contributed by atoms with Gasteiger partial charge < -0.3 is 15.3 Å². The second-order valence-electron chi connectivity index (χ2n) is 14.9. The first-order valence-electron chi connectivity index (χ1n) is 20.6. The number of rotatable bonds is 16. The van der Waals surface area contributed by atoms with Gasteiger partial charge >= 0.3 is 0 Å². The van der Waals surface area contributed by atoms with Crippen LogP contribution in [-0.2, 0) is 29.5 Å². The molecule has 0 aromatic heterocycles. The number of halogens is 1. The highest BCUT2D eigenvalue weighted by Crippen LogP contribution is 2.37. The molecule has 354 valence electrons. The molecule has 0 aliphatic heterocycles. The van der Waals surface area contributed by atoms with Crippen molar-refractivity contribution >= 4 is 46.8 Å². The van der Waals surface area contributed by atoms with Crippen molar-refractivity contribution in [2.24, 2.45) is 0 Å². The number of non-ortho nitro benzene ring substituents is 1. The fourth-order valence-corrected chi connectivity index (χ4v) is 12.8. The number of hydrogen-bond acceptors (Lipinski definition) is 12. The maximum absolute atomic E-state index is 12.9. The molecule has 0 fully saturated rings. The van der Waals surface area contributed by atoms with Crippen LogP contribution >= 0.6 is 11.6 Å². The summed E-state index contributed by atoms with van der Waals surface area (Å²) in [5.74, 6) is 6.83. The average molecular weight is 1010 g/mol. The Bertz CT molecular complexity index is 3200. The summed E-state index contributed by atoms with van der Waals surface area (Å²) in [6.45, 7) is 0. The van der Waals surface area contributed by atoms with Gasteiger partial charge in [-0.1, -0.05) is 103 Å². The lowest BCUT2D eigenvalue weighted by molar-refractivity contribution is -0.384. The smallest absolute Gasteiger partial charge is 0.269 e. The van der Waals surface area contributed by atoms with Gasteiger partial charge in [-0.2, -0.15) is 5.26 Å². The lowest BCUT2D eigenvalue weighted by atomic mass is 10.0. The number of benzene rings is 6. The van der Waals surface area contributed by atoms with Crippen molar-refractivity contribution in [1.29, 1.82) is 5.26 Å². The normalized spacial score (nSPS) is 13.7. The molecule has 0 saturated carbocycles. The minimum Gasteiger partial charge on any atom is -0.390 e. The van der Waals surface area contributed by atoms with Crippen molar-refractivity contribution in [3.63, 3.8) is 0 Å². The van der Waals surface area contributed by atoms with Gasteiger partial charge in [0.05, 0.1) is 49.6 Å². The van der Waals surface area contributed by atoms with Crippen LogP contribution in [-0.4, -0.2) is 63.8 Å². The van der Waals surface area contributed by atoms with Crippen molar-refractivity contribution in [2.45, 2.75) is 68.0 Å². The van der Waals surface area contributed by atoms with E-state index in [-0.39, 0.29) is 45.2 Å². The Morgan fingerprint density at radius 1 is 0.507 bits per heavy atom. The fourth-order valence-electron chi connectivity index (χ4n) is 7.06. The standard InChI is InChI=1S/C18H15NO3S.C17H15ClO3S.C17H15NO5S/c1-2-7-17(20)18(15-9-6-8-14(12-15)13-19)23(21,22)16-10-4-3-5-11-16;1-2-7-16(19)17(13-8-6-9-14(18)12-13)22(20,21)15-10-4-3-5-11-15;1-2-7-16(19)17(13-8-6-9-14(12-13)18(20)21)24(22,23)15-10-4-3-5-11-15/h1,3-6,8-12,17-18,20H,7H2;1,3-6,8-12,16-17,19H,7H2;1,3-6,8-12,16-17,19H,7H2. The minimum absolute atomic E-state index is 0.0116. The van der Waals surface area contributed by atoms with Gasteiger partial charge in [0, 0.05) is 36.4 Å². The Morgan fingerprint density at radius 3 is 1.17 bits per heavy atom. The summed E-state index contributed by atoms with van der Waals surface area (Å²) in [5, 5.41) is 47.5. The van der Waals surface area contributed by atoms with Crippen LogP contribution in [0.5, 0.6) is 0 Å². The number of nitro benzene ring substituents is 1. The van der Waals surface area contributed by atoms with E-state index in [1.165, 1.54) is 66.7 Å². The van der Waals surface area contributed by atoms with E-state index >= 15 is 0 Å². The lowest BCUT2D eigenvalue weighted by Gasteiger charge is -2.22. The maximum Gasteiger partial charge on any atom is 0.269 e. The van der Waals surface area contributed by atoms with Crippen LogP contribution < -0.4 is 0 Å². The maximum atomic E-state index is 12.9. The Morgan fingerprint density at radius 2 is 0.841 bits per heavy atom. The number of sulfone groups is 3. The van der Waals surface area contributed by atoms with Gasteiger partial charge in [0.2, 0.25) is 0 Å². The molecule has 0 aliphatic rings. The molecule has 6 unspecified atom stereocenters. The third kappa shape index (κ3) is 14.2. The molecule has 6 aromatic carbocycles. The predicted octanol–water partition coefficient (Wildman–Crippen LogP) is 8.19. The third-order valence-corrected chi connectivity index (χ3v) is 17.0. The molecule has 0 saturated heterocycles. The van der Waals surface area contributed by atoms with E-state index < -0.39 is 68.5 Å². The van der Waals surface area contributed by atoms with Gasteiger partial charge in [-0.15, -0.1) is 37.0 Å². The van der Waals surface area contributed by atoms with E-state index in [4.69, 9.17) is 36.1 Å². The highest BCUT2D eigenvalue weighted by atomic mass is 35.5. The highest BCUT2D eigenvalue weighted by Gasteiger charge is 2.37. The molecule has 69 heavy (non-hydrogen) atoms. The molecular formula is C52H45ClN2O11S3. The van der Waals surface area contributed by atoms with E-state index in [9.17, 15) is 50.7 Å². The van der Waals surface area contributed by atoms with Gasteiger partial charge in [0.15, 0.2) is 29.5 Å². The molecule has 13 nitrogen and oxygen atoms in total. The molecule has 6 aromatic rings. The first-order chi connectivity index (χ1) is 32.8. The molecule has 17 heteroatoms. The van der Waals surface area contributed by atoms with Gasteiger partial charge in [0.1, 0.15) is 15.7 Å². The molecule has 6 rings (SSSR count). The Labute approximate surface area is 407 Å². The molecule has 0 amide bonds. The van der Waals surface area contributed by atoms with Crippen LogP contribution in [0.25, 0.3) is 0 Å². The van der Waals surface area contributed by atoms with Crippen molar-refractivity contribution in [3.05, 3.63) is 201 Å². The van der Waals surface area contributed by atoms with Crippen LogP contribution in [0.1, 0.15) is 57.3 Å². The molecule has 0 bridgehead atoms. The molecule has 0 spiro atoms. The summed E-state index contributed by atoms with van der Waals surface area (Å²) in [6.07, 6.45) is 11.4. The SMILES string of the molecule is C#CCC(O)C(c1cccc(C#N)c1)S(=O)(=O)c1ccccc1.C#CCC(O)C(c1cccc(Cl)c1)S(=O)(=O)c1ccccc1.C#CCC(O)C(c1cccc([N+](=O)[O-])c1)S(=O)(=O)c1ccccc1. The Hall–Kier alpha value is -7.09. The van der Waals surface area contributed by atoms with E-state index in [0.29, 0.717) is 21.7 Å². The number of aliphatic hydroxyl groups excluding tert-OH is 3. The van der Waals surface area contributed by atoms with Gasteiger partial charge in [-0.25, -0.2) is 25.3 Å². The van der Waals surface area contributed by atoms with E-state index in [1.54, 1.807) is 91.0 Å². The Kier molecular flexibility index (Phi) is 20.0. The summed E-state index contributed by atoms with van der Waals surface area (Å²) >= 11 is 5.95. The minimum atomic E-state index is -3.99. The highest BCUT2D eigenvalue weighted by molar-refractivity contribution is 7.92. The van der Waals surface area contributed by atoms with E-state index in [2.05, 4.69) is 17.8 Å².